The Morgan fingerprint density at radius 2 is 2.21 bits per heavy atom. The lowest BCUT2D eigenvalue weighted by Crippen LogP contribution is -2.47. The van der Waals surface area contributed by atoms with Crippen molar-refractivity contribution < 1.29 is 0 Å². The number of hydrogen-bond donors (Lipinski definition) is 2. The lowest BCUT2D eigenvalue weighted by atomic mass is 9.90. The van der Waals surface area contributed by atoms with Crippen LogP contribution in [0.1, 0.15) is 37.8 Å². The molecule has 8 nitrogen and oxygen atoms in total. The second-order valence-corrected chi connectivity index (χ2v) is 6.22. The van der Waals surface area contributed by atoms with Crippen LogP contribution in [0.2, 0.25) is 0 Å². The maximum Gasteiger partial charge on any atom is 0.228 e. The van der Waals surface area contributed by atoms with Crippen molar-refractivity contribution in [2.75, 3.05) is 23.8 Å². The molecule has 0 aliphatic carbocycles. The second kappa shape index (κ2) is 5.47. The Labute approximate surface area is 141 Å². The number of aromatic nitrogens is 5. The molecule has 4 rings (SSSR count). The lowest BCUT2D eigenvalue weighted by molar-refractivity contribution is 0.381. The Morgan fingerprint density at radius 1 is 1.33 bits per heavy atom. The molecule has 2 aromatic heterocycles. The summed E-state index contributed by atoms with van der Waals surface area (Å²) in [6, 6.07) is 0. The van der Waals surface area contributed by atoms with E-state index in [1.54, 1.807) is 12.4 Å². The summed E-state index contributed by atoms with van der Waals surface area (Å²) in [6.07, 6.45) is 8.64. The summed E-state index contributed by atoms with van der Waals surface area (Å²) in [5, 5.41) is 14.9. The van der Waals surface area contributed by atoms with E-state index >= 15 is 0 Å². The van der Waals surface area contributed by atoms with Crippen LogP contribution in [0.5, 0.6) is 0 Å². The Kier molecular flexibility index (Phi) is 3.40. The molecule has 2 aliphatic rings. The highest BCUT2D eigenvalue weighted by Crippen LogP contribution is 2.49. The molecular weight excluding hydrogens is 304 g/mol. The van der Waals surface area contributed by atoms with Gasteiger partial charge in [-0.2, -0.15) is 4.98 Å². The van der Waals surface area contributed by atoms with Gasteiger partial charge in [-0.15, -0.1) is 10.2 Å². The van der Waals surface area contributed by atoms with E-state index in [9.17, 15) is 0 Å². The van der Waals surface area contributed by atoms with Crippen molar-refractivity contribution in [1.82, 2.24) is 30.0 Å². The molecule has 8 heteroatoms. The molecule has 0 saturated carbocycles. The molecule has 1 saturated heterocycles. The van der Waals surface area contributed by atoms with Crippen LogP contribution in [0.3, 0.4) is 0 Å². The van der Waals surface area contributed by atoms with E-state index in [1.165, 1.54) is 0 Å². The molecule has 0 amide bonds. The van der Waals surface area contributed by atoms with E-state index in [0.717, 1.165) is 49.0 Å². The first-order chi connectivity index (χ1) is 11.7. The minimum absolute atomic E-state index is 0.110. The first-order valence-corrected chi connectivity index (χ1v) is 8.37. The van der Waals surface area contributed by atoms with Crippen LogP contribution in [0.4, 0.5) is 11.8 Å². The van der Waals surface area contributed by atoms with Crippen LogP contribution < -0.4 is 15.5 Å². The SMILES string of the molecule is CC[C@@]12CCCN1c1nc(N/C=C\NC)ncc1-n1c(C)nnc12. The molecule has 0 radical (unpaired) electrons. The first kappa shape index (κ1) is 14.9. The summed E-state index contributed by atoms with van der Waals surface area (Å²) in [5.41, 5.74) is 0.849. The van der Waals surface area contributed by atoms with Crippen LogP contribution in [-0.4, -0.2) is 38.3 Å². The molecule has 24 heavy (non-hydrogen) atoms. The normalized spacial score (nSPS) is 21.5. The minimum Gasteiger partial charge on any atom is -0.393 e. The Balaban J connectivity index is 1.87. The first-order valence-electron chi connectivity index (χ1n) is 8.37. The van der Waals surface area contributed by atoms with Crippen molar-refractivity contribution in [3.8, 4) is 5.69 Å². The van der Waals surface area contributed by atoms with Gasteiger partial charge >= 0.3 is 0 Å². The molecular formula is C16H22N8. The van der Waals surface area contributed by atoms with Crippen molar-refractivity contribution in [3.05, 3.63) is 30.2 Å². The topological polar surface area (TPSA) is 83.8 Å². The summed E-state index contributed by atoms with van der Waals surface area (Å²) in [6.45, 7) is 5.18. The van der Waals surface area contributed by atoms with E-state index in [1.807, 2.05) is 20.2 Å². The Bertz CT molecular complexity index is 795. The fraction of sp³-hybridized carbons (Fsp3) is 0.500. The lowest BCUT2D eigenvalue weighted by Gasteiger charge is -2.42. The summed E-state index contributed by atoms with van der Waals surface area (Å²) in [5.74, 6) is 3.45. The van der Waals surface area contributed by atoms with Gasteiger partial charge in [0.05, 0.1) is 6.20 Å². The van der Waals surface area contributed by atoms with Crippen LogP contribution in [0.25, 0.3) is 5.69 Å². The monoisotopic (exact) mass is 326 g/mol. The zero-order chi connectivity index (χ0) is 16.7. The Hall–Kier alpha value is -2.64. The number of rotatable bonds is 4. The standard InChI is InChI=1S/C16H22N8/c1-4-16-6-5-9-23(16)13-12(24-11(2)21-22-14(16)24)10-19-15(20-13)18-8-7-17-3/h7-8,10,17H,4-6,9H2,1-3H3,(H,18,19,20)/b8-7-/t16-/m0/s1. The van der Waals surface area contributed by atoms with Crippen molar-refractivity contribution in [3.63, 3.8) is 0 Å². The molecule has 0 aromatic carbocycles. The van der Waals surface area contributed by atoms with Gasteiger partial charge < -0.3 is 15.5 Å². The van der Waals surface area contributed by atoms with Crippen molar-refractivity contribution in [2.24, 2.45) is 0 Å². The number of fused-ring (bicyclic) bond motifs is 6. The van der Waals surface area contributed by atoms with Crippen LogP contribution in [0, 0.1) is 6.92 Å². The van der Waals surface area contributed by atoms with Crippen molar-refractivity contribution >= 4 is 11.8 Å². The third kappa shape index (κ3) is 1.92. The molecule has 4 heterocycles. The van der Waals surface area contributed by atoms with Gasteiger partial charge in [-0.05, 0) is 26.2 Å². The quantitative estimate of drug-likeness (QED) is 0.884. The van der Waals surface area contributed by atoms with E-state index in [0.29, 0.717) is 5.95 Å². The van der Waals surface area contributed by atoms with Gasteiger partial charge in [0.15, 0.2) is 11.6 Å². The number of aryl methyl sites for hydroxylation is 1. The highest BCUT2D eigenvalue weighted by molar-refractivity contribution is 5.65. The third-order valence-corrected chi connectivity index (χ3v) is 5.02. The van der Waals surface area contributed by atoms with Gasteiger partial charge in [-0.25, -0.2) is 4.98 Å². The fourth-order valence-electron chi connectivity index (χ4n) is 3.89. The average molecular weight is 326 g/mol. The number of anilines is 2. The van der Waals surface area contributed by atoms with Gasteiger partial charge in [-0.3, -0.25) is 4.57 Å². The average Bonchev–Trinajstić information content (AvgIpc) is 3.20. The van der Waals surface area contributed by atoms with Crippen LogP contribution in [-0.2, 0) is 5.54 Å². The molecule has 0 unspecified atom stereocenters. The van der Waals surface area contributed by atoms with Crippen LogP contribution >= 0.6 is 0 Å². The molecule has 0 bridgehead atoms. The zero-order valence-corrected chi connectivity index (χ0v) is 14.2. The molecule has 2 N–H and O–H groups in total. The third-order valence-electron chi connectivity index (χ3n) is 5.02. The molecule has 2 aromatic rings. The summed E-state index contributed by atoms with van der Waals surface area (Å²) in [7, 11) is 1.85. The number of hydrogen-bond acceptors (Lipinski definition) is 7. The number of nitrogens with zero attached hydrogens (tertiary/aromatic N) is 6. The highest BCUT2D eigenvalue weighted by Gasteiger charge is 2.50. The zero-order valence-electron chi connectivity index (χ0n) is 14.2. The molecule has 0 spiro atoms. The second-order valence-electron chi connectivity index (χ2n) is 6.22. The van der Waals surface area contributed by atoms with E-state index < -0.39 is 0 Å². The largest absolute Gasteiger partial charge is 0.393 e. The van der Waals surface area contributed by atoms with E-state index in [2.05, 4.69) is 42.2 Å². The smallest absolute Gasteiger partial charge is 0.228 e. The van der Waals surface area contributed by atoms with E-state index in [-0.39, 0.29) is 5.54 Å². The van der Waals surface area contributed by atoms with E-state index in [4.69, 9.17) is 4.98 Å². The van der Waals surface area contributed by atoms with Crippen molar-refractivity contribution in [2.45, 2.75) is 38.6 Å². The minimum atomic E-state index is -0.110. The maximum atomic E-state index is 4.79. The van der Waals surface area contributed by atoms with Gasteiger partial charge in [0, 0.05) is 26.0 Å². The van der Waals surface area contributed by atoms with Crippen molar-refractivity contribution in [1.29, 1.82) is 0 Å². The molecule has 126 valence electrons. The van der Waals surface area contributed by atoms with Gasteiger partial charge in [-0.1, -0.05) is 6.92 Å². The van der Waals surface area contributed by atoms with Gasteiger partial charge in [0.1, 0.15) is 17.1 Å². The summed E-state index contributed by atoms with van der Waals surface area (Å²) in [4.78, 5) is 11.6. The molecule has 1 atom stereocenters. The summed E-state index contributed by atoms with van der Waals surface area (Å²) >= 11 is 0. The predicted molar refractivity (Wildman–Crippen MR) is 92.1 cm³/mol. The molecule has 2 aliphatic heterocycles. The maximum absolute atomic E-state index is 4.79. The van der Waals surface area contributed by atoms with Gasteiger partial charge in [0.2, 0.25) is 5.95 Å². The van der Waals surface area contributed by atoms with Crippen LogP contribution in [0.15, 0.2) is 18.6 Å². The highest BCUT2D eigenvalue weighted by atomic mass is 15.4. The molecule has 1 fully saturated rings. The fourth-order valence-corrected chi connectivity index (χ4v) is 3.89. The Morgan fingerprint density at radius 3 is 3.00 bits per heavy atom. The number of nitrogens with one attached hydrogen (secondary N) is 2. The predicted octanol–water partition coefficient (Wildman–Crippen LogP) is 1.69. The summed E-state index contributed by atoms with van der Waals surface area (Å²) < 4.78 is 2.12. The van der Waals surface area contributed by atoms with Gasteiger partial charge in [0.25, 0.3) is 0 Å².